The molecule has 100 valence electrons. The summed E-state index contributed by atoms with van der Waals surface area (Å²) in [7, 11) is 0. The van der Waals surface area contributed by atoms with E-state index in [4.69, 9.17) is 5.73 Å². The molecular weight excluding hydrogens is 290 g/mol. The second-order valence-electron chi connectivity index (χ2n) is 4.13. The van der Waals surface area contributed by atoms with E-state index >= 15 is 0 Å². The Balaban J connectivity index is 2.02. The van der Waals surface area contributed by atoms with Gasteiger partial charge < -0.3 is 5.73 Å². The van der Waals surface area contributed by atoms with E-state index in [0.717, 1.165) is 25.7 Å². The van der Waals surface area contributed by atoms with E-state index < -0.39 is 0 Å². The number of thioether (sulfide) groups is 1. The molecule has 0 spiro atoms. The molecule has 0 saturated heterocycles. The van der Waals surface area contributed by atoms with Crippen molar-refractivity contribution < 1.29 is 4.79 Å². The highest BCUT2D eigenvalue weighted by Crippen LogP contribution is 2.35. The predicted octanol–water partition coefficient (Wildman–Crippen LogP) is 2.94. The number of fused-ring (bicyclic) bond motifs is 1. The second kappa shape index (κ2) is 5.60. The fraction of sp³-hybridized carbons (Fsp3) is 0.0714. The molecule has 2 aromatic heterocycles. The van der Waals surface area contributed by atoms with Crippen molar-refractivity contribution in [2.75, 3.05) is 5.75 Å². The maximum absolute atomic E-state index is 10.9. The fourth-order valence-corrected chi connectivity index (χ4v) is 3.61. The molecule has 0 unspecified atom stereocenters. The smallest absolute Gasteiger partial charge is 0.227 e. The number of amides is 1. The van der Waals surface area contributed by atoms with Crippen molar-refractivity contribution in [2.45, 2.75) is 5.03 Å². The zero-order valence-corrected chi connectivity index (χ0v) is 12.1. The van der Waals surface area contributed by atoms with E-state index in [0.29, 0.717) is 0 Å². The van der Waals surface area contributed by atoms with Gasteiger partial charge >= 0.3 is 0 Å². The largest absolute Gasteiger partial charge is 0.369 e. The third-order valence-electron chi connectivity index (χ3n) is 2.70. The summed E-state index contributed by atoms with van der Waals surface area (Å²) in [6.07, 6.45) is 1.52. The summed E-state index contributed by atoms with van der Waals surface area (Å²) in [6.45, 7) is 0. The van der Waals surface area contributed by atoms with Crippen LogP contribution in [0.25, 0.3) is 20.7 Å². The molecule has 2 N–H and O–H groups in total. The highest BCUT2D eigenvalue weighted by atomic mass is 32.2. The normalized spacial score (nSPS) is 10.8. The summed E-state index contributed by atoms with van der Waals surface area (Å²) in [6, 6.07) is 12.2. The number of hydrogen-bond donors (Lipinski definition) is 1. The number of carbonyl (C=O) groups is 1. The number of thiophene rings is 1. The minimum Gasteiger partial charge on any atom is -0.369 e. The molecule has 1 aromatic carbocycles. The van der Waals surface area contributed by atoms with Crippen LogP contribution in [-0.2, 0) is 4.79 Å². The molecule has 0 bridgehead atoms. The van der Waals surface area contributed by atoms with Gasteiger partial charge in [0.1, 0.15) is 16.2 Å². The lowest BCUT2D eigenvalue weighted by Gasteiger charge is -1.98. The Labute approximate surface area is 124 Å². The highest BCUT2D eigenvalue weighted by Gasteiger charge is 2.11. The van der Waals surface area contributed by atoms with Gasteiger partial charge in [-0.25, -0.2) is 9.97 Å². The van der Waals surface area contributed by atoms with E-state index in [9.17, 15) is 4.79 Å². The van der Waals surface area contributed by atoms with Gasteiger partial charge in [-0.2, -0.15) is 0 Å². The molecule has 3 rings (SSSR count). The Kier molecular flexibility index (Phi) is 3.66. The number of primary amides is 1. The third kappa shape index (κ3) is 2.66. The number of carbonyl (C=O) groups excluding carboxylic acids is 1. The van der Waals surface area contributed by atoms with Crippen LogP contribution in [0.2, 0.25) is 0 Å². The molecule has 1 amide bonds. The van der Waals surface area contributed by atoms with Crippen molar-refractivity contribution in [3.8, 4) is 10.4 Å². The number of aromatic nitrogens is 2. The number of nitrogens with two attached hydrogens (primary N) is 1. The number of rotatable bonds is 4. The number of benzene rings is 1. The van der Waals surface area contributed by atoms with Crippen LogP contribution in [0, 0.1) is 0 Å². The van der Waals surface area contributed by atoms with E-state index in [1.54, 1.807) is 11.3 Å². The lowest BCUT2D eigenvalue weighted by Crippen LogP contribution is -2.13. The number of hydrogen-bond acceptors (Lipinski definition) is 5. The summed E-state index contributed by atoms with van der Waals surface area (Å²) in [5, 5.41) is 1.77. The minimum atomic E-state index is -0.347. The fourth-order valence-electron chi connectivity index (χ4n) is 1.83. The topological polar surface area (TPSA) is 68.9 Å². The lowest BCUT2D eigenvalue weighted by molar-refractivity contribution is -0.115. The Morgan fingerprint density at radius 2 is 2.05 bits per heavy atom. The molecular formula is C14H11N3OS2. The summed E-state index contributed by atoms with van der Waals surface area (Å²) in [5.41, 5.74) is 6.33. The minimum absolute atomic E-state index is 0.225. The van der Waals surface area contributed by atoms with Gasteiger partial charge in [0.2, 0.25) is 5.91 Å². The molecule has 0 radical (unpaired) electrons. The first-order chi connectivity index (χ1) is 9.74. The van der Waals surface area contributed by atoms with Gasteiger partial charge in [-0.1, -0.05) is 42.1 Å². The summed E-state index contributed by atoms with van der Waals surface area (Å²) < 4.78 is 0. The maximum atomic E-state index is 10.9. The van der Waals surface area contributed by atoms with Crippen molar-refractivity contribution in [1.82, 2.24) is 9.97 Å². The SMILES string of the molecule is NC(=O)CSc1ncnc2sc(-c3ccccc3)cc12. The first-order valence-electron chi connectivity index (χ1n) is 5.95. The van der Waals surface area contributed by atoms with Crippen molar-refractivity contribution >= 4 is 39.2 Å². The second-order valence-corrected chi connectivity index (χ2v) is 6.12. The zero-order valence-electron chi connectivity index (χ0n) is 10.4. The first kappa shape index (κ1) is 13.1. The molecule has 20 heavy (non-hydrogen) atoms. The van der Waals surface area contributed by atoms with Crippen LogP contribution in [0.5, 0.6) is 0 Å². The predicted molar refractivity (Wildman–Crippen MR) is 82.8 cm³/mol. The molecule has 0 aliphatic rings. The number of nitrogens with zero attached hydrogens (tertiary/aromatic N) is 2. The zero-order chi connectivity index (χ0) is 13.9. The van der Waals surface area contributed by atoms with Crippen LogP contribution >= 0.6 is 23.1 Å². The summed E-state index contributed by atoms with van der Waals surface area (Å²) >= 11 is 2.97. The van der Waals surface area contributed by atoms with Crippen LogP contribution in [0.1, 0.15) is 0 Å². The monoisotopic (exact) mass is 301 g/mol. The van der Waals surface area contributed by atoms with Gasteiger partial charge in [-0.15, -0.1) is 11.3 Å². The van der Waals surface area contributed by atoms with E-state index in [-0.39, 0.29) is 11.7 Å². The molecule has 4 nitrogen and oxygen atoms in total. The van der Waals surface area contributed by atoms with Crippen LogP contribution in [-0.4, -0.2) is 21.6 Å². The molecule has 6 heteroatoms. The summed E-state index contributed by atoms with van der Waals surface area (Å²) in [5.74, 6) is -0.122. The van der Waals surface area contributed by atoms with Crippen LogP contribution in [0.3, 0.4) is 0 Å². The van der Waals surface area contributed by atoms with Gasteiger partial charge in [0.15, 0.2) is 0 Å². The molecule has 0 aliphatic heterocycles. The maximum Gasteiger partial charge on any atom is 0.227 e. The van der Waals surface area contributed by atoms with Gasteiger partial charge in [0, 0.05) is 10.3 Å². The standard InChI is InChI=1S/C14H11N3OS2/c15-12(18)7-19-13-10-6-11(9-4-2-1-3-5-9)20-14(10)17-8-16-13/h1-6,8H,7H2,(H2,15,18). The van der Waals surface area contributed by atoms with E-state index in [1.165, 1.54) is 18.1 Å². The Bertz CT molecular complexity index is 755. The molecule has 0 aliphatic carbocycles. The highest BCUT2D eigenvalue weighted by molar-refractivity contribution is 8.00. The van der Waals surface area contributed by atoms with Crippen LogP contribution < -0.4 is 5.73 Å². The summed E-state index contributed by atoms with van der Waals surface area (Å²) in [4.78, 5) is 21.5. The molecule has 3 aromatic rings. The quantitative estimate of drug-likeness (QED) is 0.594. The molecule has 2 heterocycles. The van der Waals surface area contributed by atoms with Gasteiger partial charge in [-0.3, -0.25) is 4.79 Å². The lowest BCUT2D eigenvalue weighted by atomic mass is 10.2. The van der Waals surface area contributed by atoms with Gasteiger partial charge in [0.05, 0.1) is 5.75 Å². The molecule has 0 fully saturated rings. The molecule has 0 saturated carbocycles. The third-order valence-corrected chi connectivity index (χ3v) is 4.82. The van der Waals surface area contributed by atoms with Crippen molar-refractivity contribution in [3.05, 3.63) is 42.7 Å². The van der Waals surface area contributed by atoms with Gasteiger partial charge in [-0.05, 0) is 11.6 Å². The Hall–Kier alpha value is -1.92. The Morgan fingerprint density at radius 3 is 2.80 bits per heavy atom. The van der Waals surface area contributed by atoms with Crippen molar-refractivity contribution in [2.24, 2.45) is 5.73 Å². The van der Waals surface area contributed by atoms with Gasteiger partial charge in [0.25, 0.3) is 0 Å². The van der Waals surface area contributed by atoms with E-state index in [1.807, 2.05) is 18.2 Å². The molecule has 0 atom stereocenters. The van der Waals surface area contributed by atoms with Crippen LogP contribution in [0.15, 0.2) is 47.8 Å². The average Bonchev–Trinajstić information content (AvgIpc) is 2.90. The average molecular weight is 301 g/mol. The Morgan fingerprint density at radius 1 is 1.25 bits per heavy atom. The van der Waals surface area contributed by atoms with Crippen molar-refractivity contribution in [1.29, 1.82) is 0 Å². The van der Waals surface area contributed by atoms with Crippen LogP contribution in [0.4, 0.5) is 0 Å². The first-order valence-corrected chi connectivity index (χ1v) is 7.75. The van der Waals surface area contributed by atoms with Crippen molar-refractivity contribution in [3.63, 3.8) is 0 Å². The van der Waals surface area contributed by atoms with E-state index in [2.05, 4.69) is 28.2 Å².